The largest absolute Gasteiger partial charge is 0.496 e. The number of ether oxygens (including phenoxy) is 2. The highest BCUT2D eigenvalue weighted by atomic mass is 16.5. The Kier molecular flexibility index (Phi) is 4.59. The molecule has 1 aromatic carbocycles. The number of azide groups is 1. The second-order valence-corrected chi connectivity index (χ2v) is 2.95. The van der Waals surface area contributed by atoms with Crippen LogP contribution in [0.1, 0.15) is 5.56 Å². The fourth-order valence-electron chi connectivity index (χ4n) is 1.21. The Morgan fingerprint density at radius 2 is 2.12 bits per heavy atom. The summed E-state index contributed by atoms with van der Waals surface area (Å²) < 4.78 is 9.60. The molecule has 0 aliphatic carbocycles. The van der Waals surface area contributed by atoms with Crippen LogP contribution in [0.5, 0.6) is 5.75 Å². The molecular weight excluding hydrogens is 222 g/mol. The van der Waals surface area contributed by atoms with Crippen molar-refractivity contribution in [1.82, 2.24) is 0 Å². The summed E-state index contributed by atoms with van der Waals surface area (Å²) in [5.74, 6) is -0.129. The van der Waals surface area contributed by atoms with Crippen LogP contribution >= 0.6 is 0 Å². The van der Waals surface area contributed by atoms with E-state index in [9.17, 15) is 4.79 Å². The summed E-state index contributed by atoms with van der Waals surface area (Å²) in [6.45, 7) is 0. The number of hydrogen-bond donors (Lipinski definition) is 0. The first-order valence-corrected chi connectivity index (χ1v) is 4.71. The number of benzene rings is 1. The fraction of sp³-hybridized carbons (Fsp3) is 0.182. The van der Waals surface area contributed by atoms with Crippen molar-refractivity contribution in [2.45, 2.75) is 0 Å². The Hall–Kier alpha value is -2.46. The van der Waals surface area contributed by atoms with Gasteiger partial charge in [0, 0.05) is 10.5 Å². The van der Waals surface area contributed by atoms with Gasteiger partial charge in [0.25, 0.3) is 0 Å². The Morgan fingerprint density at radius 3 is 2.71 bits per heavy atom. The highest BCUT2D eigenvalue weighted by molar-refractivity contribution is 5.93. The molecule has 0 aromatic heterocycles. The van der Waals surface area contributed by atoms with Crippen molar-refractivity contribution in [3.8, 4) is 5.75 Å². The molecule has 17 heavy (non-hydrogen) atoms. The molecule has 0 N–H and O–H groups in total. The van der Waals surface area contributed by atoms with Gasteiger partial charge in [0.05, 0.1) is 14.2 Å². The first kappa shape index (κ1) is 12.6. The van der Waals surface area contributed by atoms with Crippen molar-refractivity contribution < 1.29 is 14.3 Å². The second-order valence-electron chi connectivity index (χ2n) is 2.95. The van der Waals surface area contributed by atoms with Gasteiger partial charge in [-0.3, -0.25) is 0 Å². The highest BCUT2D eigenvalue weighted by Gasteiger charge is 2.08. The van der Waals surface area contributed by atoms with Gasteiger partial charge in [0.2, 0.25) is 0 Å². The Bertz CT molecular complexity index is 490. The minimum atomic E-state index is -0.700. The third-order valence-corrected chi connectivity index (χ3v) is 1.98. The molecule has 0 radical (unpaired) electrons. The number of rotatable bonds is 4. The van der Waals surface area contributed by atoms with Gasteiger partial charge in [0.15, 0.2) is 0 Å². The lowest BCUT2D eigenvalue weighted by molar-refractivity contribution is -0.136. The predicted molar refractivity (Wildman–Crippen MR) is 62.1 cm³/mol. The molecule has 0 saturated heterocycles. The summed E-state index contributed by atoms with van der Waals surface area (Å²) in [5, 5.41) is 3.28. The third kappa shape index (κ3) is 3.25. The number of carbonyl (C=O) groups is 1. The molecule has 0 atom stereocenters. The molecule has 1 rings (SSSR count). The summed E-state index contributed by atoms with van der Waals surface area (Å²) >= 11 is 0. The van der Waals surface area contributed by atoms with Gasteiger partial charge < -0.3 is 9.47 Å². The lowest BCUT2D eigenvalue weighted by atomic mass is 10.1. The van der Waals surface area contributed by atoms with E-state index >= 15 is 0 Å². The van der Waals surface area contributed by atoms with Gasteiger partial charge in [-0.1, -0.05) is 23.3 Å². The third-order valence-electron chi connectivity index (χ3n) is 1.98. The van der Waals surface area contributed by atoms with Crippen LogP contribution in [0.15, 0.2) is 35.1 Å². The van der Waals surface area contributed by atoms with Crippen LogP contribution in [0, 0.1) is 0 Å². The standard InChI is InChI=1S/C11H11N3O3/c1-16-10-6-4-3-5-8(10)7-9(13-14-12)11(15)17-2/h3-7H,1-2H3/b9-7+. The average molecular weight is 233 g/mol. The molecule has 6 heteroatoms. The van der Waals surface area contributed by atoms with Crippen LogP contribution in [-0.2, 0) is 9.53 Å². The van der Waals surface area contributed by atoms with Crippen LogP contribution in [0.25, 0.3) is 16.5 Å². The van der Waals surface area contributed by atoms with Crippen LogP contribution in [0.2, 0.25) is 0 Å². The van der Waals surface area contributed by atoms with Gasteiger partial charge in [0.1, 0.15) is 11.4 Å². The zero-order valence-corrected chi connectivity index (χ0v) is 9.45. The normalized spacial score (nSPS) is 10.4. The predicted octanol–water partition coefficient (Wildman–Crippen LogP) is 2.52. The van der Waals surface area contributed by atoms with E-state index in [0.717, 1.165) is 0 Å². The van der Waals surface area contributed by atoms with E-state index < -0.39 is 5.97 Å². The first-order chi connectivity index (χ1) is 8.22. The number of nitrogens with zero attached hydrogens (tertiary/aromatic N) is 3. The van der Waals surface area contributed by atoms with Crippen molar-refractivity contribution in [2.75, 3.05) is 14.2 Å². The molecule has 0 saturated carbocycles. The highest BCUT2D eigenvalue weighted by Crippen LogP contribution is 2.21. The topological polar surface area (TPSA) is 84.3 Å². The number of methoxy groups -OCH3 is 2. The number of para-hydroxylation sites is 1. The maximum absolute atomic E-state index is 11.3. The molecule has 0 aliphatic rings. The van der Waals surface area contributed by atoms with E-state index in [-0.39, 0.29) is 5.70 Å². The molecule has 0 aliphatic heterocycles. The maximum Gasteiger partial charge on any atom is 0.340 e. The van der Waals surface area contributed by atoms with E-state index in [1.165, 1.54) is 20.3 Å². The Labute approximate surface area is 98.1 Å². The van der Waals surface area contributed by atoms with Gasteiger partial charge in [-0.25, -0.2) is 4.79 Å². The number of carbonyl (C=O) groups excluding carboxylic acids is 1. The summed E-state index contributed by atoms with van der Waals surface area (Å²) in [6, 6.07) is 7.03. The number of hydrogen-bond acceptors (Lipinski definition) is 4. The smallest absolute Gasteiger partial charge is 0.340 e. The molecule has 0 amide bonds. The number of esters is 1. The van der Waals surface area contributed by atoms with Crippen molar-refractivity contribution >= 4 is 12.0 Å². The maximum atomic E-state index is 11.3. The van der Waals surface area contributed by atoms with E-state index in [0.29, 0.717) is 11.3 Å². The van der Waals surface area contributed by atoms with Crippen LogP contribution in [0.3, 0.4) is 0 Å². The van der Waals surface area contributed by atoms with Crippen LogP contribution in [0.4, 0.5) is 0 Å². The molecule has 0 spiro atoms. The van der Waals surface area contributed by atoms with E-state index in [1.54, 1.807) is 24.3 Å². The fourth-order valence-corrected chi connectivity index (χ4v) is 1.21. The van der Waals surface area contributed by atoms with E-state index in [2.05, 4.69) is 14.8 Å². The van der Waals surface area contributed by atoms with Crippen molar-refractivity contribution in [3.63, 3.8) is 0 Å². The molecule has 0 bridgehead atoms. The SMILES string of the molecule is COC(=O)/C(=C\c1ccccc1OC)N=[N+]=[N-]. The van der Waals surface area contributed by atoms with Crippen molar-refractivity contribution in [3.05, 3.63) is 46.0 Å². The Morgan fingerprint density at radius 1 is 1.41 bits per heavy atom. The summed E-state index contributed by atoms with van der Waals surface area (Å²) in [6.07, 6.45) is 1.41. The van der Waals surface area contributed by atoms with Crippen molar-refractivity contribution in [1.29, 1.82) is 0 Å². The van der Waals surface area contributed by atoms with Crippen LogP contribution < -0.4 is 4.74 Å². The molecule has 0 heterocycles. The molecule has 0 fully saturated rings. The lowest BCUT2D eigenvalue weighted by Gasteiger charge is -2.04. The molecule has 6 nitrogen and oxygen atoms in total. The summed E-state index contributed by atoms with van der Waals surface area (Å²) in [4.78, 5) is 13.9. The van der Waals surface area contributed by atoms with E-state index in [1.807, 2.05) is 0 Å². The molecule has 0 unspecified atom stereocenters. The van der Waals surface area contributed by atoms with Gasteiger partial charge in [-0.2, -0.15) is 0 Å². The van der Waals surface area contributed by atoms with Gasteiger partial charge in [-0.15, -0.1) is 0 Å². The molecule has 1 aromatic rings. The zero-order valence-electron chi connectivity index (χ0n) is 9.45. The van der Waals surface area contributed by atoms with Crippen molar-refractivity contribution in [2.24, 2.45) is 5.11 Å². The first-order valence-electron chi connectivity index (χ1n) is 4.71. The summed E-state index contributed by atoms with van der Waals surface area (Å²) in [5.41, 5.74) is 8.87. The average Bonchev–Trinajstić information content (AvgIpc) is 2.38. The minimum Gasteiger partial charge on any atom is -0.496 e. The van der Waals surface area contributed by atoms with Gasteiger partial charge >= 0.3 is 5.97 Å². The Balaban J connectivity index is 3.21. The molecular formula is C11H11N3O3. The van der Waals surface area contributed by atoms with Gasteiger partial charge in [-0.05, 0) is 17.7 Å². The molecule has 88 valence electrons. The zero-order chi connectivity index (χ0) is 12.7. The minimum absolute atomic E-state index is 0.125. The lowest BCUT2D eigenvalue weighted by Crippen LogP contribution is -2.02. The second kappa shape index (κ2) is 6.19. The quantitative estimate of drug-likeness (QED) is 0.263. The van der Waals surface area contributed by atoms with Crippen LogP contribution in [-0.4, -0.2) is 20.2 Å². The van der Waals surface area contributed by atoms with E-state index in [4.69, 9.17) is 10.3 Å². The summed E-state index contributed by atoms with van der Waals surface area (Å²) in [7, 11) is 2.73. The monoisotopic (exact) mass is 233 g/mol.